The van der Waals surface area contributed by atoms with Crippen molar-refractivity contribution in [1.29, 1.82) is 0 Å². The minimum Gasteiger partial charge on any atom is -0.462 e. The zero-order valence-corrected chi connectivity index (χ0v) is 34.7. The van der Waals surface area contributed by atoms with Gasteiger partial charge in [0.05, 0.1) is 27.7 Å². The van der Waals surface area contributed by atoms with E-state index in [4.69, 9.17) is 18.5 Å². The maximum Gasteiger partial charge on any atom is 0.472 e. The first kappa shape index (κ1) is 49.8. The van der Waals surface area contributed by atoms with Gasteiger partial charge in [-0.05, 0) is 38.5 Å². The number of likely N-dealkylation sites (N-methyl/N-ethyl adjacent to an activating group) is 1. The van der Waals surface area contributed by atoms with Crippen molar-refractivity contribution >= 4 is 19.8 Å². The van der Waals surface area contributed by atoms with Crippen molar-refractivity contribution in [2.45, 2.75) is 193 Å². The van der Waals surface area contributed by atoms with E-state index < -0.39 is 26.5 Å². The number of quaternary nitrogens is 1. The van der Waals surface area contributed by atoms with E-state index in [1.807, 2.05) is 21.1 Å². The van der Waals surface area contributed by atoms with E-state index >= 15 is 0 Å². The van der Waals surface area contributed by atoms with Gasteiger partial charge in [0.15, 0.2) is 6.10 Å². The van der Waals surface area contributed by atoms with Crippen molar-refractivity contribution in [3.63, 3.8) is 0 Å². The number of hydrogen-bond acceptors (Lipinski definition) is 7. The predicted molar refractivity (Wildman–Crippen MR) is 211 cm³/mol. The molecule has 1 N–H and O–H groups in total. The average molecular weight is 747 g/mol. The van der Waals surface area contributed by atoms with Crippen LogP contribution in [0.15, 0.2) is 12.2 Å². The molecule has 0 fully saturated rings. The van der Waals surface area contributed by atoms with Crippen molar-refractivity contribution in [2.24, 2.45) is 0 Å². The Morgan fingerprint density at radius 3 is 1.45 bits per heavy atom. The Morgan fingerprint density at radius 2 is 1.00 bits per heavy atom. The second-order valence-corrected chi connectivity index (χ2v) is 16.8. The number of ether oxygens (including phenoxy) is 2. The minimum atomic E-state index is -4.37. The van der Waals surface area contributed by atoms with Gasteiger partial charge in [-0.25, -0.2) is 4.57 Å². The summed E-state index contributed by atoms with van der Waals surface area (Å²) in [4.78, 5) is 35.2. The molecule has 0 radical (unpaired) electrons. The number of carbonyl (C=O) groups is 2. The van der Waals surface area contributed by atoms with Crippen molar-refractivity contribution in [3.8, 4) is 0 Å². The standard InChI is InChI=1S/C41H80NO8P/c1-6-8-10-12-14-16-18-20-21-22-24-26-28-30-32-34-41(44)50-39(38-49-51(45,46)48-36-35-42(3,4)5)37-47-40(43)33-31-29-27-25-23-19-17-15-13-11-9-7-2/h20-21,39H,6-19,22-38H2,1-5H3/p+1/b21-20-. The third kappa shape index (κ3) is 38.3. The first-order valence-corrected chi connectivity index (χ1v) is 22.4. The molecule has 0 rings (SSSR count). The topological polar surface area (TPSA) is 108 Å². The fourth-order valence-corrected chi connectivity index (χ4v) is 6.46. The fourth-order valence-electron chi connectivity index (χ4n) is 5.71. The molecule has 0 aliphatic carbocycles. The molecule has 0 heterocycles. The van der Waals surface area contributed by atoms with E-state index in [1.54, 1.807) is 0 Å². The second-order valence-electron chi connectivity index (χ2n) is 15.4. The fraction of sp³-hybridized carbons (Fsp3) is 0.902. The number of phosphoric ester groups is 1. The molecule has 51 heavy (non-hydrogen) atoms. The lowest BCUT2D eigenvalue weighted by atomic mass is 10.0. The van der Waals surface area contributed by atoms with Gasteiger partial charge in [0.2, 0.25) is 0 Å². The third-order valence-corrected chi connectivity index (χ3v) is 10.0. The zero-order chi connectivity index (χ0) is 37.9. The largest absolute Gasteiger partial charge is 0.472 e. The Morgan fingerprint density at radius 1 is 0.588 bits per heavy atom. The van der Waals surface area contributed by atoms with Gasteiger partial charge in [0.1, 0.15) is 19.8 Å². The van der Waals surface area contributed by atoms with Crippen molar-refractivity contribution in [1.82, 2.24) is 0 Å². The molecule has 0 aromatic rings. The molecule has 9 nitrogen and oxygen atoms in total. The maximum absolute atomic E-state index is 12.6. The highest BCUT2D eigenvalue weighted by Crippen LogP contribution is 2.43. The summed E-state index contributed by atoms with van der Waals surface area (Å²) in [6.07, 6.45) is 33.9. The van der Waals surface area contributed by atoms with E-state index in [-0.39, 0.29) is 25.6 Å². The number of nitrogens with zero attached hydrogens (tertiary/aromatic N) is 1. The van der Waals surface area contributed by atoms with E-state index in [2.05, 4.69) is 26.0 Å². The summed E-state index contributed by atoms with van der Waals surface area (Å²) < 4.78 is 34.2. The van der Waals surface area contributed by atoms with Crippen LogP contribution >= 0.6 is 7.82 Å². The first-order chi connectivity index (χ1) is 24.5. The Kier molecular flexibility index (Phi) is 33.7. The molecule has 2 unspecified atom stereocenters. The zero-order valence-electron chi connectivity index (χ0n) is 33.9. The van der Waals surface area contributed by atoms with Crippen molar-refractivity contribution < 1.29 is 42.1 Å². The summed E-state index contributed by atoms with van der Waals surface area (Å²) in [6.45, 7) is 4.41. The van der Waals surface area contributed by atoms with Gasteiger partial charge in [-0.3, -0.25) is 18.6 Å². The van der Waals surface area contributed by atoms with E-state index in [1.165, 1.54) is 103 Å². The Labute approximate surface area is 314 Å². The number of phosphoric acid groups is 1. The molecule has 10 heteroatoms. The first-order valence-electron chi connectivity index (χ1n) is 20.9. The molecule has 302 valence electrons. The summed E-state index contributed by atoms with van der Waals surface area (Å²) in [5.41, 5.74) is 0. The van der Waals surface area contributed by atoms with Crippen molar-refractivity contribution in [3.05, 3.63) is 12.2 Å². The monoisotopic (exact) mass is 747 g/mol. The van der Waals surface area contributed by atoms with E-state index in [0.29, 0.717) is 23.9 Å². The van der Waals surface area contributed by atoms with Gasteiger partial charge in [0.25, 0.3) is 0 Å². The molecule has 0 bridgehead atoms. The van der Waals surface area contributed by atoms with Crippen LogP contribution in [0.4, 0.5) is 0 Å². The van der Waals surface area contributed by atoms with Gasteiger partial charge >= 0.3 is 19.8 Å². The number of carbonyl (C=O) groups excluding carboxylic acids is 2. The number of unbranched alkanes of at least 4 members (excludes halogenated alkanes) is 22. The van der Waals surface area contributed by atoms with Crippen LogP contribution < -0.4 is 0 Å². The summed E-state index contributed by atoms with van der Waals surface area (Å²) in [6, 6.07) is 0. The van der Waals surface area contributed by atoms with Crippen LogP contribution in [-0.4, -0.2) is 74.9 Å². The lowest BCUT2D eigenvalue weighted by molar-refractivity contribution is -0.870. The molecule has 0 aromatic heterocycles. The molecule has 0 aliphatic heterocycles. The Balaban J connectivity index is 4.39. The molecule has 2 atom stereocenters. The summed E-state index contributed by atoms with van der Waals surface area (Å²) in [7, 11) is 1.48. The van der Waals surface area contributed by atoms with E-state index in [9.17, 15) is 19.0 Å². The van der Waals surface area contributed by atoms with Crippen LogP contribution in [0.25, 0.3) is 0 Å². The lowest BCUT2D eigenvalue weighted by Gasteiger charge is -2.24. The highest BCUT2D eigenvalue weighted by Gasteiger charge is 2.27. The van der Waals surface area contributed by atoms with Gasteiger partial charge in [-0.15, -0.1) is 0 Å². The van der Waals surface area contributed by atoms with Crippen LogP contribution in [0.2, 0.25) is 0 Å². The highest BCUT2D eigenvalue weighted by atomic mass is 31.2. The maximum atomic E-state index is 12.6. The van der Waals surface area contributed by atoms with Gasteiger partial charge in [-0.1, -0.05) is 148 Å². The Bertz CT molecular complexity index is 891. The number of hydrogen-bond donors (Lipinski definition) is 1. The second kappa shape index (κ2) is 34.5. The predicted octanol–water partition coefficient (Wildman–Crippen LogP) is 11.4. The summed E-state index contributed by atoms with van der Waals surface area (Å²) >= 11 is 0. The van der Waals surface area contributed by atoms with Crippen LogP contribution in [0.1, 0.15) is 187 Å². The number of allylic oxidation sites excluding steroid dienone is 2. The smallest absolute Gasteiger partial charge is 0.462 e. The van der Waals surface area contributed by atoms with Gasteiger partial charge < -0.3 is 18.9 Å². The van der Waals surface area contributed by atoms with Crippen LogP contribution in [-0.2, 0) is 32.7 Å². The van der Waals surface area contributed by atoms with Crippen molar-refractivity contribution in [2.75, 3.05) is 47.5 Å². The normalized spacial score (nSPS) is 13.8. The summed E-state index contributed by atoms with van der Waals surface area (Å²) in [5.74, 6) is -0.802. The van der Waals surface area contributed by atoms with E-state index in [0.717, 1.165) is 51.4 Å². The molecule has 0 saturated carbocycles. The molecule has 0 aromatic carbocycles. The quantitative estimate of drug-likeness (QED) is 0.0219. The number of esters is 2. The highest BCUT2D eigenvalue weighted by molar-refractivity contribution is 7.47. The van der Waals surface area contributed by atoms with Crippen LogP contribution in [0, 0.1) is 0 Å². The average Bonchev–Trinajstić information content (AvgIpc) is 3.07. The molecule has 0 amide bonds. The third-order valence-electron chi connectivity index (χ3n) is 9.05. The van der Waals surface area contributed by atoms with Gasteiger partial charge in [0, 0.05) is 12.8 Å². The number of rotatable bonds is 38. The lowest BCUT2D eigenvalue weighted by Crippen LogP contribution is -2.37. The van der Waals surface area contributed by atoms with Crippen LogP contribution in [0.5, 0.6) is 0 Å². The SMILES string of the molecule is CCCCCCCC/C=C\CCCCCCCC(=O)OC(COC(=O)CCCCCCCCCCCCCC)COP(=O)(O)OCC[N+](C)(C)C. The molecular weight excluding hydrogens is 665 g/mol. The summed E-state index contributed by atoms with van der Waals surface area (Å²) in [5, 5.41) is 0. The minimum absolute atomic E-state index is 0.0330. The Hall–Kier alpha value is -1.25. The molecule has 0 aliphatic rings. The van der Waals surface area contributed by atoms with Crippen LogP contribution in [0.3, 0.4) is 0 Å². The molecule has 0 spiro atoms. The molecule has 0 saturated heterocycles. The van der Waals surface area contributed by atoms with Gasteiger partial charge in [-0.2, -0.15) is 0 Å². The molecular formula is C41H81NO8P+.